The molecule has 2 aromatic heterocycles. The van der Waals surface area contributed by atoms with Crippen molar-refractivity contribution < 1.29 is 4.42 Å². The van der Waals surface area contributed by atoms with Crippen LogP contribution in [0.1, 0.15) is 22.3 Å². The summed E-state index contributed by atoms with van der Waals surface area (Å²) in [5, 5.41) is 4.48. The lowest BCUT2D eigenvalue weighted by Gasteiger charge is -2.33. The fourth-order valence-electron chi connectivity index (χ4n) is 9.42. The first-order valence-corrected chi connectivity index (χ1v) is 20.3. The Labute approximate surface area is 347 Å². The van der Waals surface area contributed by atoms with E-state index in [1.165, 1.54) is 38.8 Å². The number of furan rings is 1. The van der Waals surface area contributed by atoms with Crippen molar-refractivity contribution in [3.05, 3.63) is 235 Å². The molecule has 1 aliphatic rings. The van der Waals surface area contributed by atoms with Gasteiger partial charge in [-0.1, -0.05) is 182 Å². The Hall–Kier alpha value is -7.95. The summed E-state index contributed by atoms with van der Waals surface area (Å²) in [5.41, 5.74) is 13.7. The third-order valence-electron chi connectivity index (χ3n) is 12.2. The van der Waals surface area contributed by atoms with Gasteiger partial charge in [-0.2, -0.15) is 0 Å². The van der Waals surface area contributed by atoms with Crippen LogP contribution < -0.4 is 0 Å². The maximum atomic E-state index is 6.70. The highest BCUT2D eigenvalue weighted by molar-refractivity contribution is 6.07. The summed E-state index contributed by atoms with van der Waals surface area (Å²) in [7, 11) is 0. The van der Waals surface area contributed by atoms with Gasteiger partial charge in [0.2, 0.25) is 0 Å². The molecule has 0 atom stereocenters. The molecule has 2 heterocycles. The van der Waals surface area contributed by atoms with Crippen LogP contribution >= 0.6 is 0 Å². The van der Waals surface area contributed by atoms with Crippen molar-refractivity contribution >= 4 is 32.7 Å². The molecule has 60 heavy (non-hydrogen) atoms. The van der Waals surface area contributed by atoms with E-state index in [9.17, 15) is 0 Å². The van der Waals surface area contributed by atoms with Gasteiger partial charge in [-0.25, -0.2) is 15.0 Å². The van der Waals surface area contributed by atoms with Crippen LogP contribution in [-0.2, 0) is 5.41 Å². The van der Waals surface area contributed by atoms with Crippen LogP contribution in [-0.4, -0.2) is 15.0 Å². The monoisotopic (exact) mass is 765 g/mol. The molecule has 0 spiro atoms. The third-order valence-corrected chi connectivity index (χ3v) is 12.2. The number of hydrogen-bond donors (Lipinski definition) is 0. The quantitative estimate of drug-likeness (QED) is 0.169. The number of fused-ring (bicyclic) bond motifs is 7. The van der Waals surface area contributed by atoms with Crippen molar-refractivity contribution in [2.75, 3.05) is 0 Å². The minimum atomic E-state index is -0.489. The molecule has 0 fully saturated rings. The summed E-state index contributed by atoms with van der Waals surface area (Å²) in [6, 6.07) is 75.2. The molecule has 4 nitrogen and oxygen atoms in total. The molecule has 0 amide bonds. The number of hydrogen-bond acceptors (Lipinski definition) is 4. The van der Waals surface area contributed by atoms with Gasteiger partial charge in [0.05, 0.1) is 5.41 Å². The standard InChI is InChI=1S/C56H35N3O/c1-3-15-37(16-4-1)53-57-54(59-55(58-53)42-27-26-36-14-7-8-17-38(36)32-42)41-19-13-18-39(33-41)40-28-31-51-48(34-40)47-30-29-44(35-52(47)60-51)56(43-20-5-2-6-21-43)49-24-11-9-22-45(49)46-23-10-12-25-50(46)56/h1-35H. The molecule has 11 aromatic rings. The maximum absolute atomic E-state index is 6.70. The van der Waals surface area contributed by atoms with E-state index in [2.05, 4.69) is 182 Å². The topological polar surface area (TPSA) is 51.8 Å². The van der Waals surface area contributed by atoms with Crippen molar-refractivity contribution in [1.82, 2.24) is 15.0 Å². The molecular formula is C56H35N3O. The van der Waals surface area contributed by atoms with E-state index in [1.807, 2.05) is 30.3 Å². The molecule has 12 rings (SSSR count). The minimum Gasteiger partial charge on any atom is -0.456 e. The third kappa shape index (κ3) is 5.35. The normalized spacial score (nSPS) is 12.8. The molecule has 4 heteroatoms. The SMILES string of the molecule is c1ccc(-c2nc(-c3cccc(-c4ccc5oc6cc(C7(c8ccccc8)c8ccccc8-c8ccccc87)ccc6c5c4)c3)nc(-c3ccc4ccccc4c3)n2)cc1. The Bertz CT molecular complexity index is 3400. The smallest absolute Gasteiger partial charge is 0.164 e. The Morgan fingerprint density at radius 2 is 0.883 bits per heavy atom. The van der Waals surface area contributed by atoms with Gasteiger partial charge in [-0.3, -0.25) is 0 Å². The molecule has 0 N–H and O–H groups in total. The lowest BCUT2D eigenvalue weighted by molar-refractivity contribution is 0.665. The molecule has 9 aromatic carbocycles. The predicted molar refractivity (Wildman–Crippen MR) is 244 cm³/mol. The zero-order valence-electron chi connectivity index (χ0n) is 32.5. The second kappa shape index (κ2) is 13.6. The van der Waals surface area contributed by atoms with Gasteiger partial charge in [-0.05, 0) is 85.6 Å². The number of benzene rings is 9. The average molecular weight is 766 g/mol. The number of nitrogens with zero attached hydrogens (tertiary/aromatic N) is 3. The van der Waals surface area contributed by atoms with E-state index in [1.54, 1.807) is 0 Å². The lowest BCUT2D eigenvalue weighted by atomic mass is 9.67. The second-order valence-corrected chi connectivity index (χ2v) is 15.5. The van der Waals surface area contributed by atoms with Crippen LogP contribution in [0, 0.1) is 0 Å². The minimum absolute atomic E-state index is 0.489. The number of rotatable bonds is 6. The molecule has 0 saturated heterocycles. The highest BCUT2D eigenvalue weighted by atomic mass is 16.3. The van der Waals surface area contributed by atoms with Gasteiger partial charge in [-0.15, -0.1) is 0 Å². The highest BCUT2D eigenvalue weighted by Gasteiger charge is 2.46. The molecule has 0 saturated carbocycles. The van der Waals surface area contributed by atoms with E-state index in [4.69, 9.17) is 19.4 Å². The number of aromatic nitrogens is 3. The summed E-state index contributed by atoms with van der Waals surface area (Å²) < 4.78 is 6.70. The van der Waals surface area contributed by atoms with E-state index in [0.29, 0.717) is 17.5 Å². The van der Waals surface area contributed by atoms with Crippen LogP contribution in [0.25, 0.3) is 89.1 Å². The van der Waals surface area contributed by atoms with E-state index >= 15 is 0 Å². The van der Waals surface area contributed by atoms with Crippen molar-refractivity contribution in [3.63, 3.8) is 0 Å². The second-order valence-electron chi connectivity index (χ2n) is 15.5. The van der Waals surface area contributed by atoms with Crippen LogP contribution in [0.5, 0.6) is 0 Å². The molecular weight excluding hydrogens is 731 g/mol. The first-order chi connectivity index (χ1) is 29.7. The van der Waals surface area contributed by atoms with Gasteiger partial charge >= 0.3 is 0 Å². The van der Waals surface area contributed by atoms with Gasteiger partial charge in [0.25, 0.3) is 0 Å². The fraction of sp³-hybridized carbons (Fsp3) is 0.0179. The summed E-state index contributed by atoms with van der Waals surface area (Å²) in [6.45, 7) is 0. The molecule has 0 unspecified atom stereocenters. The van der Waals surface area contributed by atoms with E-state index in [0.717, 1.165) is 55.1 Å². The van der Waals surface area contributed by atoms with E-state index < -0.39 is 5.41 Å². The molecule has 280 valence electrons. The largest absolute Gasteiger partial charge is 0.456 e. The Morgan fingerprint density at radius 3 is 1.63 bits per heavy atom. The Balaban J connectivity index is 0.967. The highest BCUT2D eigenvalue weighted by Crippen LogP contribution is 2.56. The van der Waals surface area contributed by atoms with Crippen LogP contribution in [0.2, 0.25) is 0 Å². The summed E-state index contributed by atoms with van der Waals surface area (Å²) in [6.07, 6.45) is 0. The first kappa shape index (κ1) is 34.1. The molecule has 0 aliphatic heterocycles. The zero-order chi connectivity index (χ0) is 39.6. The zero-order valence-corrected chi connectivity index (χ0v) is 32.5. The maximum Gasteiger partial charge on any atom is 0.164 e. The summed E-state index contributed by atoms with van der Waals surface area (Å²) in [5.74, 6) is 1.90. The van der Waals surface area contributed by atoms with Crippen molar-refractivity contribution in [1.29, 1.82) is 0 Å². The Morgan fingerprint density at radius 1 is 0.317 bits per heavy atom. The van der Waals surface area contributed by atoms with Crippen molar-refractivity contribution in [3.8, 4) is 56.4 Å². The van der Waals surface area contributed by atoms with Crippen LogP contribution in [0.4, 0.5) is 0 Å². The van der Waals surface area contributed by atoms with Gasteiger partial charge in [0, 0.05) is 27.5 Å². The van der Waals surface area contributed by atoms with Gasteiger partial charge < -0.3 is 4.42 Å². The van der Waals surface area contributed by atoms with E-state index in [-0.39, 0.29) is 0 Å². The van der Waals surface area contributed by atoms with Crippen molar-refractivity contribution in [2.24, 2.45) is 0 Å². The van der Waals surface area contributed by atoms with Gasteiger partial charge in [0.15, 0.2) is 17.5 Å². The van der Waals surface area contributed by atoms with Crippen LogP contribution in [0.15, 0.2) is 217 Å². The van der Waals surface area contributed by atoms with Crippen LogP contribution in [0.3, 0.4) is 0 Å². The summed E-state index contributed by atoms with van der Waals surface area (Å²) >= 11 is 0. The average Bonchev–Trinajstić information content (AvgIpc) is 3.85. The van der Waals surface area contributed by atoms with Crippen molar-refractivity contribution in [2.45, 2.75) is 5.41 Å². The fourth-order valence-corrected chi connectivity index (χ4v) is 9.42. The lowest BCUT2D eigenvalue weighted by Crippen LogP contribution is -2.28. The molecule has 0 bridgehead atoms. The predicted octanol–water partition coefficient (Wildman–Crippen LogP) is 14.0. The summed E-state index contributed by atoms with van der Waals surface area (Å²) in [4.78, 5) is 15.1. The molecule has 0 radical (unpaired) electrons. The molecule has 1 aliphatic carbocycles. The van der Waals surface area contributed by atoms with Gasteiger partial charge in [0.1, 0.15) is 11.2 Å². The Kier molecular flexibility index (Phi) is 7.72. The first-order valence-electron chi connectivity index (χ1n) is 20.3.